The Morgan fingerprint density at radius 2 is 2.20 bits per heavy atom. The summed E-state index contributed by atoms with van der Waals surface area (Å²) >= 11 is 0. The van der Waals surface area contributed by atoms with Crippen LogP contribution in [0.25, 0.3) is 16.5 Å². The molecule has 0 saturated carbocycles. The number of amides is 1. The normalized spacial score (nSPS) is 17.2. The van der Waals surface area contributed by atoms with Crippen LogP contribution in [-0.4, -0.2) is 17.9 Å². The molecule has 1 heterocycles. The number of likely N-dealkylation sites (N-methyl/N-ethyl adjacent to an activating group) is 1. The number of aryl methyl sites for hydroxylation is 1. The summed E-state index contributed by atoms with van der Waals surface area (Å²) in [6, 6.07) is 8.27. The number of fused-ring (bicyclic) bond motifs is 1. The Morgan fingerprint density at radius 1 is 1.40 bits per heavy atom. The molecule has 3 heteroatoms. The van der Waals surface area contributed by atoms with Crippen molar-refractivity contribution in [2.24, 2.45) is 5.92 Å². The summed E-state index contributed by atoms with van der Waals surface area (Å²) in [5.74, 6) is 0.604. The fourth-order valence-electron chi connectivity index (χ4n) is 3.56. The molecule has 0 fully saturated rings. The van der Waals surface area contributed by atoms with Crippen LogP contribution in [0.15, 0.2) is 42.5 Å². The third-order valence-electron chi connectivity index (χ3n) is 5.20. The zero-order chi connectivity index (χ0) is 18.0. The lowest BCUT2D eigenvalue weighted by Crippen LogP contribution is -2.20. The molecule has 0 unspecified atom stereocenters. The van der Waals surface area contributed by atoms with E-state index in [1.54, 1.807) is 7.05 Å². The molecule has 1 N–H and O–H groups in total. The summed E-state index contributed by atoms with van der Waals surface area (Å²) in [4.78, 5) is 16.8. The molecule has 130 valence electrons. The minimum Gasteiger partial charge on any atom is -0.359 e. The highest BCUT2D eigenvalue weighted by Crippen LogP contribution is 2.34. The molecule has 0 spiro atoms. The first-order valence-electron chi connectivity index (χ1n) is 8.94. The maximum atomic E-state index is 11.8. The number of benzene rings is 1. The predicted octanol–water partition coefficient (Wildman–Crippen LogP) is 4.59. The summed E-state index contributed by atoms with van der Waals surface area (Å²) in [5.41, 5.74) is 6.78. The van der Waals surface area contributed by atoms with Crippen LogP contribution in [0.3, 0.4) is 0 Å². The molecule has 0 radical (unpaired) electrons. The van der Waals surface area contributed by atoms with Crippen molar-refractivity contribution >= 4 is 22.4 Å². The second kappa shape index (κ2) is 7.22. The summed E-state index contributed by atoms with van der Waals surface area (Å²) in [6.07, 6.45) is 5.90. The van der Waals surface area contributed by atoms with E-state index < -0.39 is 0 Å². The van der Waals surface area contributed by atoms with Crippen molar-refractivity contribution in [2.45, 2.75) is 39.5 Å². The highest BCUT2D eigenvalue weighted by molar-refractivity contribution is 5.90. The molecule has 0 aliphatic heterocycles. The van der Waals surface area contributed by atoms with Crippen LogP contribution in [0.4, 0.5) is 0 Å². The van der Waals surface area contributed by atoms with Crippen molar-refractivity contribution in [1.29, 1.82) is 0 Å². The number of nitrogens with zero attached hydrogens (tertiary/aromatic N) is 1. The highest BCUT2D eigenvalue weighted by atomic mass is 16.1. The Labute approximate surface area is 149 Å². The van der Waals surface area contributed by atoms with E-state index >= 15 is 0 Å². The summed E-state index contributed by atoms with van der Waals surface area (Å²) in [5, 5.41) is 3.83. The second-order valence-corrected chi connectivity index (χ2v) is 7.03. The molecule has 3 nitrogen and oxygen atoms in total. The smallest absolute Gasteiger partial charge is 0.224 e. The van der Waals surface area contributed by atoms with Crippen LogP contribution < -0.4 is 5.32 Å². The van der Waals surface area contributed by atoms with Crippen LogP contribution in [0, 0.1) is 12.8 Å². The van der Waals surface area contributed by atoms with E-state index in [-0.39, 0.29) is 5.91 Å². The zero-order valence-electron chi connectivity index (χ0n) is 15.4. The standard InChI is InChI=1S/C22H26N2O/c1-14(2)16-8-10-17(11-9-16)20-12-15(3)19-7-5-6-18(22(19)24-20)13-21(25)23-4/h5-7,10,12,16H,1,8-9,11,13H2,2-4H3,(H,23,25)/t16-/m1/s1. The van der Waals surface area contributed by atoms with Gasteiger partial charge in [0.1, 0.15) is 0 Å². The Kier molecular flexibility index (Phi) is 5.03. The zero-order valence-corrected chi connectivity index (χ0v) is 15.4. The first kappa shape index (κ1) is 17.4. The van der Waals surface area contributed by atoms with Gasteiger partial charge in [0.25, 0.3) is 0 Å². The average molecular weight is 334 g/mol. The van der Waals surface area contributed by atoms with Gasteiger partial charge in [-0.3, -0.25) is 4.79 Å². The van der Waals surface area contributed by atoms with E-state index in [1.165, 1.54) is 16.7 Å². The third-order valence-corrected chi connectivity index (χ3v) is 5.20. The highest BCUT2D eigenvalue weighted by Gasteiger charge is 2.18. The number of rotatable bonds is 4. The molecule has 1 aromatic carbocycles. The number of aromatic nitrogens is 1. The molecule has 1 aromatic heterocycles. The van der Waals surface area contributed by atoms with E-state index in [0.29, 0.717) is 12.3 Å². The fourth-order valence-corrected chi connectivity index (χ4v) is 3.56. The van der Waals surface area contributed by atoms with Gasteiger partial charge in [-0.1, -0.05) is 36.4 Å². The number of allylic oxidation sites excluding steroid dienone is 3. The second-order valence-electron chi connectivity index (χ2n) is 7.03. The molecule has 1 aliphatic rings. The van der Waals surface area contributed by atoms with Gasteiger partial charge in [0.05, 0.1) is 17.6 Å². The van der Waals surface area contributed by atoms with Crippen LogP contribution in [-0.2, 0) is 11.2 Å². The van der Waals surface area contributed by atoms with Gasteiger partial charge >= 0.3 is 0 Å². The summed E-state index contributed by atoms with van der Waals surface area (Å²) in [6.45, 7) is 8.34. The number of nitrogens with one attached hydrogen (secondary N) is 1. The minimum atomic E-state index is 0.0125. The molecule has 1 aliphatic carbocycles. The van der Waals surface area contributed by atoms with Gasteiger partial charge in [0, 0.05) is 12.4 Å². The van der Waals surface area contributed by atoms with Crippen LogP contribution >= 0.6 is 0 Å². The molecule has 0 saturated heterocycles. The lowest BCUT2D eigenvalue weighted by atomic mass is 9.84. The molecule has 1 amide bonds. The lowest BCUT2D eigenvalue weighted by Gasteiger charge is -2.22. The van der Waals surface area contributed by atoms with Crippen molar-refractivity contribution < 1.29 is 4.79 Å². The molecular formula is C22H26N2O. The van der Waals surface area contributed by atoms with Gasteiger partial charge in [-0.15, -0.1) is 0 Å². The fraction of sp³-hybridized carbons (Fsp3) is 0.364. The molecule has 0 bridgehead atoms. The predicted molar refractivity (Wildman–Crippen MR) is 104 cm³/mol. The Morgan fingerprint density at radius 3 is 2.84 bits per heavy atom. The topological polar surface area (TPSA) is 42.0 Å². The average Bonchev–Trinajstić information content (AvgIpc) is 2.62. The van der Waals surface area contributed by atoms with Crippen molar-refractivity contribution in [3.63, 3.8) is 0 Å². The van der Waals surface area contributed by atoms with Crippen molar-refractivity contribution in [2.75, 3.05) is 7.05 Å². The monoisotopic (exact) mass is 334 g/mol. The summed E-state index contributed by atoms with van der Waals surface area (Å²) < 4.78 is 0. The molecular weight excluding hydrogens is 308 g/mol. The minimum absolute atomic E-state index is 0.0125. The number of hydrogen-bond acceptors (Lipinski definition) is 2. The van der Waals surface area contributed by atoms with E-state index in [4.69, 9.17) is 4.98 Å². The Bertz CT molecular complexity index is 864. The van der Waals surface area contributed by atoms with Crippen molar-refractivity contribution in [3.8, 4) is 0 Å². The molecule has 1 atom stereocenters. The quantitative estimate of drug-likeness (QED) is 0.831. The van der Waals surface area contributed by atoms with Gasteiger partial charge in [0.15, 0.2) is 0 Å². The van der Waals surface area contributed by atoms with Crippen LogP contribution in [0.5, 0.6) is 0 Å². The van der Waals surface area contributed by atoms with Crippen LogP contribution in [0.1, 0.15) is 43.0 Å². The first-order valence-corrected chi connectivity index (χ1v) is 8.94. The molecule has 3 rings (SSSR count). The first-order chi connectivity index (χ1) is 12.0. The SMILES string of the molecule is C=C(C)[C@@H]1CC=C(c2cc(C)c3cccc(CC(=O)NC)c3n2)CC1. The van der Waals surface area contributed by atoms with E-state index in [2.05, 4.69) is 44.0 Å². The van der Waals surface area contributed by atoms with Gasteiger partial charge in [-0.25, -0.2) is 4.98 Å². The van der Waals surface area contributed by atoms with Crippen molar-refractivity contribution in [1.82, 2.24) is 10.3 Å². The number of carbonyl (C=O) groups is 1. The number of hydrogen-bond donors (Lipinski definition) is 1. The number of carbonyl (C=O) groups excluding carboxylic acids is 1. The van der Waals surface area contributed by atoms with Crippen LogP contribution in [0.2, 0.25) is 0 Å². The van der Waals surface area contributed by atoms with Gasteiger partial charge in [0.2, 0.25) is 5.91 Å². The third kappa shape index (κ3) is 3.65. The number of pyridine rings is 1. The maximum Gasteiger partial charge on any atom is 0.224 e. The largest absolute Gasteiger partial charge is 0.359 e. The molecule has 2 aromatic rings. The van der Waals surface area contributed by atoms with E-state index in [0.717, 1.165) is 41.4 Å². The molecule has 25 heavy (non-hydrogen) atoms. The van der Waals surface area contributed by atoms with Gasteiger partial charge < -0.3 is 5.32 Å². The van der Waals surface area contributed by atoms with E-state index in [1.807, 2.05) is 12.1 Å². The van der Waals surface area contributed by atoms with Gasteiger partial charge in [-0.05, 0) is 61.8 Å². The van der Waals surface area contributed by atoms with E-state index in [9.17, 15) is 4.79 Å². The Balaban J connectivity index is 2.02. The van der Waals surface area contributed by atoms with Gasteiger partial charge in [-0.2, -0.15) is 0 Å². The van der Waals surface area contributed by atoms with Crippen molar-refractivity contribution in [3.05, 3.63) is 59.3 Å². The lowest BCUT2D eigenvalue weighted by molar-refractivity contribution is -0.119. The summed E-state index contributed by atoms with van der Waals surface area (Å²) in [7, 11) is 1.67. The Hall–Kier alpha value is -2.42. The number of para-hydroxylation sites is 1. The maximum absolute atomic E-state index is 11.8.